The van der Waals surface area contributed by atoms with Crippen molar-refractivity contribution in [3.63, 3.8) is 0 Å². The molecule has 0 radical (unpaired) electrons. The summed E-state index contributed by atoms with van der Waals surface area (Å²) in [5, 5.41) is 17.1. The van der Waals surface area contributed by atoms with Crippen LogP contribution in [0.2, 0.25) is 0 Å². The highest BCUT2D eigenvalue weighted by molar-refractivity contribution is 6.01. The number of ether oxygens (including phenoxy) is 2. The van der Waals surface area contributed by atoms with Gasteiger partial charge in [-0.05, 0) is 42.3 Å². The molecule has 0 aliphatic heterocycles. The molecule has 0 aliphatic carbocycles. The topological polar surface area (TPSA) is 103 Å². The Morgan fingerprint density at radius 2 is 1.61 bits per heavy atom. The van der Waals surface area contributed by atoms with Crippen LogP contribution < -0.4 is 9.47 Å². The lowest BCUT2D eigenvalue weighted by molar-refractivity contribution is -0.136. The van der Waals surface area contributed by atoms with Crippen LogP contribution in [-0.2, 0) is 22.7 Å². The Bertz CT molecular complexity index is 1310. The van der Waals surface area contributed by atoms with Gasteiger partial charge < -0.3 is 23.9 Å². The molecule has 0 unspecified atom stereocenters. The molecule has 0 saturated carbocycles. The van der Waals surface area contributed by atoms with Crippen molar-refractivity contribution in [3.05, 3.63) is 101 Å². The first kappa shape index (κ1) is 24.5. The molecule has 1 heterocycles. The second kappa shape index (κ2) is 11.7. The molecule has 0 bridgehead atoms. The second-order valence-corrected chi connectivity index (χ2v) is 7.97. The van der Waals surface area contributed by atoms with Crippen molar-refractivity contribution in [2.24, 2.45) is 5.16 Å². The predicted octanol–water partition coefficient (Wildman–Crippen LogP) is 5.29. The van der Waals surface area contributed by atoms with Crippen molar-refractivity contribution in [3.8, 4) is 22.6 Å². The van der Waals surface area contributed by atoms with Crippen LogP contribution in [0.3, 0.4) is 0 Å². The number of carbonyl (C=O) groups is 1. The third-order valence-corrected chi connectivity index (χ3v) is 5.40. The number of aromatic nitrogens is 1. The van der Waals surface area contributed by atoms with Gasteiger partial charge in [0.05, 0.1) is 5.69 Å². The number of hydrogen-bond acceptors (Lipinski definition) is 7. The molecular weight excluding hydrogens is 460 g/mol. The number of hydrogen-bond donors (Lipinski definition) is 1. The first-order valence-electron chi connectivity index (χ1n) is 11.3. The molecule has 1 N–H and O–H groups in total. The minimum atomic E-state index is -0.969. The van der Waals surface area contributed by atoms with E-state index in [2.05, 4.69) is 10.3 Å². The summed E-state index contributed by atoms with van der Waals surface area (Å²) >= 11 is 0. The maximum Gasteiger partial charge on any atom is 0.311 e. The Hall–Kier alpha value is -4.59. The highest BCUT2D eigenvalue weighted by Gasteiger charge is 2.17. The fraction of sp³-hybridized carbons (Fsp3) is 0.179. The van der Waals surface area contributed by atoms with Gasteiger partial charge >= 0.3 is 5.97 Å². The minimum Gasteiger partial charge on any atom is -0.489 e. The van der Waals surface area contributed by atoms with Gasteiger partial charge in [0, 0.05) is 11.1 Å². The average Bonchev–Trinajstić information content (AvgIpc) is 3.25. The van der Waals surface area contributed by atoms with Crippen molar-refractivity contribution in [1.82, 2.24) is 5.16 Å². The summed E-state index contributed by atoms with van der Waals surface area (Å²) in [6.45, 7) is 2.45. The predicted molar refractivity (Wildman–Crippen MR) is 134 cm³/mol. The zero-order chi connectivity index (χ0) is 25.3. The number of aryl methyl sites for hydroxylation is 1. The lowest BCUT2D eigenvalue weighted by atomic mass is 10.0. The Morgan fingerprint density at radius 3 is 2.28 bits per heavy atom. The molecule has 4 rings (SSSR count). The van der Waals surface area contributed by atoms with E-state index in [0.717, 1.165) is 16.7 Å². The zero-order valence-electron chi connectivity index (χ0n) is 20.0. The van der Waals surface area contributed by atoms with Gasteiger partial charge in [-0.1, -0.05) is 64.9 Å². The Labute approximate surface area is 208 Å². The molecular formula is C28H26N2O6. The molecule has 4 aromatic rings. The summed E-state index contributed by atoms with van der Waals surface area (Å²) in [5.41, 5.74) is 4.79. The Morgan fingerprint density at radius 1 is 0.944 bits per heavy atom. The standard InChI is InChI=1S/C28H26N2O6/c1-19-28(26(36-29-19)16-27(31)32)22-10-14-24(15-11-22)34-17-20-8-12-23(13-9-20)35-18-25(30-33-2)21-6-4-3-5-7-21/h3-15H,16-18H2,1-2H3,(H,31,32)/b30-25+. The van der Waals surface area contributed by atoms with Crippen molar-refractivity contribution in [2.45, 2.75) is 20.0 Å². The van der Waals surface area contributed by atoms with Crippen LogP contribution in [0.1, 0.15) is 22.6 Å². The maximum absolute atomic E-state index is 11.1. The highest BCUT2D eigenvalue weighted by Crippen LogP contribution is 2.29. The summed E-state index contributed by atoms with van der Waals surface area (Å²) in [6, 6.07) is 24.8. The molecule has 0 spiro atoms. The number of benzene rings is 3. The van der Waals surface area contributed by atoms with Crippen molar-refractivity contribution >= 4 is 11.7 Å². The number of aliphatic carboxylic acids is 1. The summed E-state index contributed by atoms with van der Waals surface area (Å²) in [6.07, 6.45) is -0.221. The SMILES string of the molecule is CO/N=C(\COc1ccc(COc2ccc(-c3c(C)noc3CC(=O)O)cc2)cc1)c1ccccc1. The summed E-state index contributed by atoms with van der Waals surface area (Å²) in [4.78, 5) is 16.0. The van der Waals surface area contributed by atoms with E-state index in [1.165, 1.54) is 7.11 Å². The number of carboxylic acids is 1. The first-order chi connectivity index (χ1) is 17.5. The van der Waals surface area contributed by atoms with Crippen LogP contribution in [0, 0.1) is 6.92 Å². The van der Waals surface area contributed by atoms with Gasteiger partial charge in [0.1, 0.15) is 44.0 Å². The third-order valence-electron chi connectivity index (χ3n) is 5.40. The Balaban J connectivity index is 1.33. The number of rotatable bonds is 11. The molecule has 0 fully saturated rings. The van der Waals surface area contributed by atoms with Crippen LogP contribution >= 0.6 is 0 Å². The monoisotopic (exact) mass is 486 g/mol. The second-order valence-electron chi connectivity index (χ2n) is 7.97. The van der Waals surface area contributed by atoms with Crippen molar-refractivity contribution < 1.29 is 28.7 Å². The average molecular weight is 487 g/mol. The summed E-state index contributed by atoms with van der Waals surface area (Å²) < 4.78 is 17.0. The van der Waals surface area contributed by atoms with Crippen molar-refractivity contribution in [2.75, 3.05) is 13.7 Å². The normalized spacial score (nSPS) is 11.2. The summed E-state index contributed by atoms with van der Waals surface area (Å²) in [7, 11) is 1.51. The Kier molecular flexibility index (Phi) is 7.97. The van der Waals surface area contributed by atoms with Crippen LogP contribution in [0.4, 0.5) is 0 Å². The molecule has 0 atom stereocenters. The van der Waals surface area contributed by atoms with E-state index in [9.17, 15) is 4.79 Å². The lowest BCUT2D eigenvalue weighted by Gasteiger charge is -2.10. The van der Waals surface area contributed by atoms with Crippen LogP contribution in [0.5, 0.6) is 11.5 Å². The van der Waals surface area contributed by atoms with E-state index in [1.54, 1.807) is 6.92 Å². The van der Waals surface area contributed by atoms with Crippen molar-refractivity contribution in [1.29, 1.82) is 0 Å². The van der Waals surface area contributed by atoms with Crippen LogP contribution in [0.25, 0.3) is 11.1 Å². The molecule has 8 heteroatoms. The molecule has 1 aromatic heterocycles. The van der Waals surface area contributed by atoms with E-state index in [4.69, 9.17) is 23.9 Å². The van der Waals surface area contributed by atoms with Gasteiger partial charge in [-0.15, -0.1) is 0 Å². The summed E-state index contributed by atoms with van der Waals surface area (Å²) in [5.74, 6) is 0.768. The molecule has 8 nitrogen and oxygen atoms in total. The zero-order valence-corrected chi connectivity index (χ0v) is 20.0. The molecule has 0 aliphatic rings. The van der Waals surface area contributed by atoms with Gasteiger partial charge in [-0.3, -0.25) is 4.79 Å². The number of oxime groups is 1. The maximum atomic E-state index is 11.1. The first-order valence-corrected chi connectivity index (χ1v) is 11.3. The third kappa shape index (κ3) is 6.29. The smallest absolute Gasteiger partial charge is 0.311 e. The highest BCUT2D eigenvalue weighted by atomic mass is 16.6. The van der Waals surface area contributed by atoms with E-state index >= 15 is 0 Å². The molecule has 36 heavy (non-hydrogen) atoms. The van der Waals surface area contributed by atoms with Gasteiger partial charge in [0.15, 0.2) is 5.76 Å². The van der Waals surface area contributed by atoms with Gasteiger partial charge in [0.2, 0.25) is 0 Å². The molecule has 3 aromatic carbocycles. The van der Waals surface area contributed by atoms with Gasteiger partial charge in [0.25, 0.3) is 0 Å². The fourth-order valence-corrected chi connectivity index (χ4v) is 3.67. The van der Waals surface area contributed by atoms with Gasteiger partial charge in [-0.2, -0.15) is 0 Å². The largest absolute Gasteiger partial charge is 0.489 e. The molecule has 184 valence electrons. The van der Waals surface area contributed by atoms with E-state index in [1.807, 2.05) is 78.9 Å². The van der Waals surface area contributed by atoms with Crippen LogP contribution in [0.15, 0.2) is 88.5 Å². The van der Waals surface area contributed by atoms with E-state index < -0.39 is 5.97 Å². The van der Waals surface area contributed by atoms with Gasteiger partial charge in [-0.25, -0.2) is 0 Å². The van der Waals surface area contributed by atoms with E-state index in [-0.39, 0.29) is 13.0 Å². The number of nitrogens with zero attached hydrogens (tertiary/aromatic N) is 2. The molecule has 0 saturated heterocycles. The fourth-order valence-electron chi connectivity index (χ4n) is 3.67. The minimum absolute atomic E-state index is 0.221. The lowest BCUT2D eigenvalue weighted by Crippen LogP contribution is -2.13. The van der Waals surface area contributed by atoms with E-state index in [0.29, 0.717) is 40.8 Å². The molecule has 0 amide bonds. The number of carboxylic acid groups (broad SMARTS) is 1. The quantitative estimate of drug-likeness (QED) is 0.227. The van der Waals surface area contributed by atoms with Crippen LogP contribution in [-0.4, -0.2) is 35.7 Å².